The molecule has 2 aliphatic carbocycles. The van der Waals surface area contributed by atoms with Crippen LogP contribution in [0.5, 0.6) is 0 Å². The van der Waals surface area contributed by atoms with Crippen LogP contribution in [0.1, 0.15) is 71.1 Å². The van der Waals surface area contributed by atoms with Gasteiger partial charge in [0.1, 0.15) is 0 Å². The van der Waals surface area contributed by atoms with Gasteiger partial charge < -0.3 is 0 Å². The zero-order chi connectivity index (χ0) is 13.0. The maximum Gasteiger partial charge on any atom is 0.241 e. The lowest BCUT2D eigenvalue weighted by Gasteiger charge is -2.37. The summed E-state index contributed by atoms with van der Waals surface area (Å²) in [5.74, 6) is 2.29. The van der Waals surface area contributed by atoms with Gasteiger partial charge in [-0.25, -0.2) is 8.78 Å². The maximum atomic E-state index is 12.6. The first-order chi connectivity index (χ1) is 8.70. The van der Waals surface area contributed by atoms with Crippen molar-refractivity contribution in [2.45, 2.75) is 77.6 Å². The molecule has 0 radical (unpaired) electrons. The van der Waals surface area contributed by atoms with Gasteiger partial charge in [0, 0.05) is 5.92 Å². The minimum absolute atomic E-state index is 0.294. The normalized spacial score (nSPS) is 38.0. The third-order valence-electron chi connectivity index (χ3n) is 5.43. The van der Waals surface area contributed by atoms with Crippen molar-refractivity contribution >= 4 is 0 Å². The summed E-state index contributed by atoms with van der Waals surface area (Å²) in [6.45, 7) is 2.28. The number of hydrogen-bond donors (Lipinski definition) is 0. The molecule has 0 aliphatic heterocycles. The van der Waals surface area contributed by atoms with Crippen LogP contribution in [-0.4, -0.2) is 6.43 Å². The van der Waals surface area contributed by atoms with E-state index < -0.39 is 6.43 Å². The second kappa shape index (κ2) is 6.86. The van der Waals surface area contributed by atoms with E-state index in [0.717, 1.165) is 43.4 Å². The van der Waals surface area contributed by atoms with E-state index in [1.54, 1.807) is 0 Å². The lowest BCUT2D eigenvalue weighted by molar-refractivity contribution is 0.0340. The Labute approximate surface area is 111 Å². The van der Waals surface area contributed by atoms with Crippen LogP contribution in [0.4, 0.5) is 8.78 Å². The monoisotopic (exact) mass is 258 g/mol. The van der Waals surface area contributed by atoms with Gasteiger partial charge in [0.15, 0.2) is 0 Å². The number of alkyl halides is 2. The van der Waals surface area contributed by atoms with Gasteiger partial charge in [0.2, 0.25) is 6.43 Å². The molecule has 0 spiro atoms. The van der Waals surface area contributed by atoms with E-state index in [1.165, 1.54) is 38.5 Å². The van der Waals surface area contributed by atoms with Gasteiger partial charge in [0.05, 0.1) is 0 Å². The van der Waals surface area contributed by atoms with Crippen molar-refractivity contribution in [2.24, 2.45) is 23.7 Å². The van der Waals surface area contributed by atoms with Gasteiger partial charge in [-0.1, -0.05) is 32.6 Å². The number of hydrogen-bond acceptors (Lipinski definition) is 0. The van der Waals surface area contributed by atoms with Crippen LogP contribution in [0.3, 0.4) is 0 Å². The summed E-state index contributed by atoms with van der Waals surface area (Å²) in [5, 5.41) is 0. The fourth-order valence-electron chi connectivity index (χ4n) is 4.22. The second-order valence-electron chi connectivity index (χ2n) is 6.58. The van der Waals surface area contributed by atoms with Gasteiger partial charge in [-0.15, -0.1) is 0 Å². The fourth-order valence-corrected chi connectivity index (χ4v) is 4.22. The molecule has 2 rings (SSSR count). The first-order valence-corrected chi connectivity index (χ1v) is 7.98. The average Bonchev–Trinajstić information content (AvgIpc) is 2.40. The molecular weight excluding hydrogens is 230 g/mol. The van der Waals surface area contributed by atoms with Crippen LogP contribution in [0.15, 0.2) is 0 Å². The third-order valence-corrected chi connectivity index (χ3v) is 5.43. The van der Waals surface area contributed by atoms with Gasteiger partial charge in [-0.3, -0.25) is 0 Å². The Bertz CT molecular complexity index is 223. The van der Waals surface area contributed by atoms with Crippen LogP contribution >= 0.6 is 0 Å². The van der Waals surface area contributed by atoms with Gasteiger partial charge >= 0.3 is 0 Å². The second-order valence-corrected chi connectivity index (χ2v) is 6.58. The fraction of sp³-hybridized carbons (Fsp3) is 1.00. The molecule has 0 saturated heterocycles. The lowest BCUT2D eigenvalue weighted by Crippen LogP contribution is -2.27. The van der Waals surface area contributed by atoms with E-state index in [1.807, 2.05) is 0 Å². The summed E-state index contributed by atoms with van der Waals surface area (Å²) in [6, 6.07) is 0. The van der Waals surface area contributed by atoms with Crippen molar-refractivity contribution in [1.82, 2.24) is 0 Å². The molecule has 0 heterocycles. The molecule has 0 atom stereocenters. The Hall–Kier alpha value is -0.140. The smallest absolute Gasteiger partial charge is 0.210 e. The third kappa shape index (κ3) is 3.68. The van der Waals surface area contributed by atoms with E-state index in [9.17, 15) is 8.78 Å². The van der Waals surface area contributed by atoms with E-state index in [4.69, 9.17) is 0 Å². The average molecular weight is 258 g/mol. The molecule has 0 aromatic rings. The molecule has 106 valence electrons. The van der Waals surface area contributed by atoms with Crippen molar-refractivity contribution in [3.8, 4) is 0 Å². The highest BCUT2D eigenvalue weighted by Gasteiger charge is 2.33. The highest BCUT2D eigenvalue weighted by Crippen LogP contribution is 2.43. The van der Waals surface area contributed by atoms with Crippen molar-refractivity contribution in [3.05, 3.63) is 0 Å². The predicted octanol–water partition coefficient (Wildman–Crippen LogP) is 5.66. The Morgan fingerprint density at radius 2 is 1.33 bits per heavy atom. The standard InChI is InChI=1S/C16H28F2/c1-2-3-12-4-6-13(7-5-12)14-8-10-15(11-9-14)16(17)18/h12-16H,2-11H2,1H3. The Balaban J connectivity index is 1.71. The van der Waals surface area contributed by atoms with E-state index in [2.05, 4.69) is 6.92 Å². The van der Waals surface area contributed by atoms with Crippen LogP contribution in [0.2, 0.25) is 0 Å². The molecule has 0 N–H and O–H groups in total. The molecule has 2 saturated carbocycles. The lowest BCUT2D eigenvalue weighted by atomic mass is 9.69. The maximum absolute atomic E-state index is 12.6. The molecule has 0 nitrogen and oxygen atoms in total. The Kier molecular flexibility index (Phi) is 5.44. The zero-order valence-corrected chi connectivity index (χ0v) is 11.7. The largest absolute Gasteiger partial charge is 0.241 e. The highest BCUT2D eigenvalue weighted by atomic mass is 19.3. The quantitative estimate of drug-likeness (QED) is 0.610. The molecule has 2 heteroatoms. The minimum atomic E-state index is -2.08. The zero-order valence-electron chi connectivity index (χ0n) is 11.7. The molecule has 0 bridgehead atoms. The molecule has 0 amide bonds. The molecule has 2 aliphatic rings. The van der Waals surface area contributed by atoms with Crippen molar-refractivity contribution in [3.63, 3.8) is 0 Å². The molecular formula is C16H28F2. The van der Waals surface area contributed by atoms with Crippen LogP contribution in [0, 0.1) is 23.7 Å². The molecule has 0 aromatic carbocycles. The first kappa shape index (κ1) is 14.3. The number of rotatable bonds is 4. The van der Waals surface area contributed by atoms with Crippen molar-refractivity contribution in [1.29, 1.82) is 0 Å². The van der Waals surface area contributed by atoms with Gasteiger partial charge in [-0.05, 0) is 56.3 Å². The Morgan fingerprint density at radius 3 is 1.78 bits per heavy atom. The first-order valence-electron chi connectivity index (χ1n) is 7.98. The summed E-state index contributed by atoms with van der Waals surface area (Å²) < 4.78 is 25.3. The van der Waals surface area contributed by atoms with Crippen molar-refractivity contribution < 1.29 is 8.78 Å². The molecule has 0 aromatic heterocycles. The van der Waals surface area contributed by atoms with E-state index >= 15 is 0 Å². The molecule has 18 heavy (non-hydrogen) atoms. The molecule has 2 fully saturated rings. The number of halogens is 2. The van der Waals surface area contributed by atoms with Crippen LogP contribution < -0.4 is 0 Å². The van der Waals surface area contributed by atoms with Crippen molar-refractivity contribution in [2.75, 3.05) is 0 Å². The summed E-state index contributed by atoms with van der Waals surface area (Å²) >= 11 is 0. The topological polar surface area (TPSA) is 0 Å². The van der Waals surface area contributed by atoms with E-state index in [0.29, 0.717) is 0 Å². The van der Waals surface area contributed by atoms with Crippen LogP contribution in [0.25, 0.3) is 0 Å². The minimum Gasteiger partial charge on any atom is -0.210 e. The summed E-state index contributed by atoms with van der Waals surface area (Å²) in [7, 11) is 0. The summed E-state index contributed by atoms with van der Waals surface area (Å²) in [4.78, 5) is 0. The summed E-state index contributed by atoms with van der Waals surface area (Å²) in [5.41, 5.74) is 0. The van der Waals surface area contributed by atoms with E-state index in [-0.39, 0.29) is 5.92 Å². The summed E-state index contributed by atoms with van der Waals surface area (Å²) in [6.07, 6.45) is 9.85. The predicted molar refractivity (Wildman–Crippen MR) is 71.8 cm³/mol. The highest BCUT2D eigenvalue weighted by molar-refractivity contribution is 4.82. The SMILES string of the molecule is CCCC1CCC(C2CCC(C(F)F)CC2)CC1. The Morgan fingerprint density at radius 1 is 0.833 bits per heavy atom. The van der Waals surface area contributed by atoms with Gasteiger partial charge in [0.25, 0.3) is 0 Å². The molecule has 0 unspecified atom stereocenters. The van der Waals surface area contributed by atoms with Crippen LogP contribution in [-0.2, 0) is 0 Å². The van der Waals surface area contributed by atoms with Gasteiger partial charge in [-0.2, -0.15) is 0 Å².